The van der Waals surface area contributed by atoms with Crippen molar-refractivity contribution in [2.75, 3.05) is 36.0 Å². The van der Waals surface area contributed by atoms with Gasteiger partial charge in [-0.1, -0.05) is 0 Å². The van der Waals surface area contributed by atoms with Crippen molar-refractivity contribution in [2.24, 2.45) is 11.8 Å². The standard InChI is InChI=1S/C19H24N6/c1-12-13(2)20-10-23-19(12)25-8-15-6-24(7-16(15)9-25)18-5-17(14-3-4-14)21-11-22-18/h5,10-11,14-16H,3-4,6-9H2,1-2H3. The van der Waals surface area contributed by atoms with Crippen LogP contribution in [0.4, 0.5) is 11.6 Å². The van der Waals surface area contributed by atoms with Gasteiger partial charge >= 0.3 is 0 Å². The SMILES string of the molecule is Cc1ncnc(N2CC3CN(c4cc(C5CC5)ncn4)CC3C2)c1C. The van der Waals surface area contributed by atoms with Crippen LogP contribution in [-0.4, -0.2) is 46.1 Å². The lowest BCUT2D eigenvalue weighted by Crippen LogP contribution is -2.30. The lowest BCUT2D eigenvalue weighted by atomic mass is 10.0. The zero-order chi connectivity index (χ0) is 17.0. The van der Waals surface area contributed by atoms with E-state index in [2.05, 4.69) is 49.6 Å². The maximum Gasteiger partial charge on any atom is 0.135 e. The Balaban J connectivity index is 1.30. The Morgan fingerprint density at radius 3 is 2.24 bits per heavy atom. The first-order valence-corrected chi connectivity index (χ1v) is 9.29. The number of nitrogens with zero attached hydrogens (tertiary/aromatic N) is 6. The summed E-state index contributed by atoms with van der Waals surface area (Å²) in [4.78, 5) is 22.8. The molecule has 0 bridgehead atoms. The Bertz CT molecular complexity index is 788. The summed E-state index contributed by atoms with van der Waals surface area (Å²) in [5.74, 6) is 4.30. The molecule has 3 fully saturated rings. The van der Waals surface area contributed by atoms with Crippen molar-refractivity contribution in [1.29, 1.82) is 0 Å². The predicted octanol–water partition coefficient (Wildman–Crippen LogP) is 2.33. The normalized spacial score (nSPS) is 25.5. The van der Waals surface area contributed by atoms with Crippen molar-refractivity contribution in [3.63, 3.8) is 0 Å². The van der Waals surface area contributed by atoms with Gasteiger partial charge in [0.15, 0.2) is 0 Å². The lowest BCUT2D eigenvalue weighted by molar-refractivity contribution is 0.533. The van der Waals surface area contributed by atoms with Crippen molar-refractivity contribution in [1.82, 2.24) is 19.9 Å². The van der Waals surface area contributed by atoms with E-state index in [4.69, 9.17) is 0 Å². The van der Waals surface area contributed by atoms with Crippen LogP contribution in [0, 0.1) is 25.7 Å². The first kappa shape index (κ1) is 15.0. The molecule has 2 unspecified atom stereocenters. The van der Waals surface area contributed by atoms with Gasteiger partial charge in [-0.05, 0) is 26.7 Å². The minimum atomic E-state index is 0.684. The zero-order valence-corrected chi connectivity index (χ0v) is 14.9. The monoisotopic (exact) mass is 336 g/mol. The molecule has 6 nitrogen and oxygen atoms in total. The second-order valence-corrected chi connectivity index (χ2v) is 7.81. The van der Waals surface area contributed by atoms with Crippen LogP contribution in [0.1, 0.15) is 35.7 Å². The van der Waals surface area contributed by atoms with Crippen LogP contribution >= 0.6 is 0 Å². The molecule has 25 heavy (non-hydrogen) atoms. The topological polar surface area (TPSA) is 58.0 Å². The van der Waals surface area contributed by atoms with Gasteiger partial charge in [0.05, 0.1) is 0 Å². The molecule has 0 aromatic carbocycles. The van der Waals surface area contributed by atoms with Crippen LogP contribution in [0.5, 0.6) is 0 Å². The number of hydrogen-bond acceptors (Lipinski definition) is 6. The summed E-state index contributed by atoms with van der Waals surface area (Å²) >= 11 is 0. The Morgan fingerprint density at radius 1 is 0.840 bits per heavy atom. The molecule has 0 spiro atoms. The van der Waals surface area contributed by atoms with Gasteiger partial charge in [0.2, 0.25) is 0 Å². The molecule has 1 saturated carbocycles. The van der Waals surface area contributed by atoms with E-state index in [0.29, 0.717) is 17.8 Å². The molecule has 0 amide bonds. The number of fused-ring (bicyclic) bond motifs is 1. The van der Waals surface area contributed by atoms with Crippen molar-refractivity contribution in [3.8, 4) is 0 Å². The maximum absolute atomic E-state index is 4.54. The molecule has 5 rings (SSSR count). The molecule has 2 aliphatic heterocycles. The Kier molecular flexibility index (Phi) is 3.40. The minimum Gasteiger partial charge on any atom is -0.356 e. The molecular weight excluding hydrogens is 312 g/mol. The van der Waals surface area contributed by atoms with E-state index < -0.39 is 0 Å². The van der Waals surface area contributed by atoms with Gasteiger partial charge in [-0.25, -0.2) is 19.9 Å². The van der Waals surface area contributed by atoms with Gasteiger partial charge in [-0.2, -0.15) is 0 Å². The number of rotatable bonds is 3. The quantitative estimate of drug-likeness (QED) is 0.857. The molecule has 4 heterocycles. The van der Waals surface area contributed by atoms with Crippen molar-refractivity contribution >= 4 is 11.6 Å². The zero-order valence-electron chi connectivity index (χ0n) is 14.9. The third-order valence-corrected chi connectivity index (χ3v) is 6.09. The average Bonchev–Trinajstić information content (AvgIpc) is 3.28. The molecule has 0 radical (unpaired) electrons. The fraction of sp³-hybridized carbons (Fsp3) is 0.579. The highest BCUT2D eigenvalue weighted by molar-refractivity contribution is 5.50. The Hall–Kier alpha value is -2.24. The van der Waals surface area contributed by atoms with Crippen LogP contribution in [0.3, 0.4) is 0 Å². The van der Waals surface area contributed by atoms with Gasteiger partial charge in [0.1, 0.15) is 24.3 Å². The average molecular weight is 336 g/mol. The van der Waals surface area contributed by atoms with Gasteiger partial charge in [0, 0.05) is 67.0 Å². The van der Waals surface area contributed by atoms with Gasteiger partial charge < -0.3 is 9.80 Å². The van der Waals surface area contributed by atoms with Crippen LogP contribution in [0.2, 0.25) is 0 Å². The highest BCUT2D eigenvalue weighted by atomic mass is 15.3. The number of hydrogen-bond donors (Lipinski definition) is 0. The van der Waals surface area contributed by atoms with E-state index in [-0.39, 0.29) is 0 Å². The summed E-state index contributed by atoms with van der Waals surface area (Å²) < 4.78 is 0. The Morgan fingerprint density at radius 2 is 1.52 bits per heavy atom. The van der Waals surface area contributed by atoms with Gasteiger partial charge in [-0.3, -0.25) is 0 Å². The molecule has 130 valence electrons. The highest BCUT2D eigenvalue weighted by Gasteiger charge is 2.41. The number of aromatic nitrogens is 4. The van der Waals surface area contributed by atoms with E-state index in [1.165, 1.54) is 24.1 Å². The first-order chi connectivity index (χ1) is 12.2. The summed E-state index contributed by atoms with van der Waals surface area (Å²) in [6.45, 7) is 8.53. The summed E-state index contributed by atoms with van der Waals surface area (Å²) in [7, 11) is 0. The van der Waals surface area contributed by atoms with E-state index in [0.717, 1.165) is 43.5 Å². The van der Waals surface area contributed by atoms with Crippen LogP contribution in [-0.2, 0) is 0 Å². The number of aryl methyl sites for hydroxylation is 1. The van der Waals surface area contributed by atoms with Gasteiger partial charge in [-0.15, -0.1) is 0 Å². The smallest absolute Gasteiger partial charge is 0.135 e. The summed E-state index contributed by atoms with van der Waals surface area (Å²) in [5, 5.41) is 0. The largest absolute Gasteiger partial charge is 0.356 e. The van der Waals surface area contributed by atoms with E-state index in [9.17, 15) is 0 Å². The van der Waals surface area contributed by atoms with Crippen LogP contribution in [0.25, 0.3) is 0 Å². The second-order valence-electron chi connectivity index (χ2n) is 7.81. The lowest BCUT2D eigenvalue weighted by Gasteiger charge is -2.24. The molecule has 2 aromatic rings. The molecule has 1 aliphatic carbocycles. The molecule has 3 aliphatic rings. The molecule has 6 heteroatoms. The third kappa shape index (κ3) is 2.64. The van der Waals surface area contributed by atoms with E-state index in [1.54, 1.807) is 12.7 Å². The van der Waals surface area contributed by atoms with Crippen LogP contribution < -0.4 is 9.80 Å². The van der Waals surface area contributed by atoms with Crippen molar-refractivity contribution < 1.29 is 0 Å². The first-order valence-electron chi connectivity index (χ1n) is 9.29. The van der Waals surface area contributed by atoms with Crippen molar-refractivity contribution in [3.05, 3.63) is 35.7 Å². The highest BCUT2D eigenvalue weighted by Crippen LogP contribution is 2.40. The summed E-state index contributed by atoms with van der Waals surface area (Å²) in [6.07, 6.45) is 6.01. The fourth-order valence-corrected chi connectivity index (χ4v) is 4.33. The van der Waals surface area contributed by atoms with Crippen molar-refractivity contribution in [2.45, 2.75) is 32.6 Å². The minimum absolute atomic E-state index is 0.684. The van der Waals surface area contributed by atoms with Crippen LogP contribution in [0.15, 0.2) is 18.7 Å². The second kappa shape index (κ2) is 5.64. The molecule has 0 N–H and O–H groups in total. The summed E-state index contributed by atoms with van der Waals surface area (Å²) in [6, 6.07) is 2.22. The third-order valence-electron chi connectivity index (χ3n) is 6.09. The van der Waals surface area contributed by atoms with Gasteiger partial charge in [0.25, 0.3) is 0 Å². The van der Waals surface area contributed by atoms with E-state index in [1.807, 2.05) is 0 Å². The summed E-state index contributed by atoms with van der Waals surface area (Å²) in [5.41, 5.74) is 3.53. The van der Waals surface area contributed by atoms with E-state index >= 15 is 0 Å². The molecule has 2 saturated heterocycles. The molecule has 2 atom stereocenters. The number of anilines is 2. The Labute approximate surface area is 148 Å². The maximum atomic E-state index is 4.54. The molecule has 2 aromatic heterocycles. The molecular formula is C19H24N6. The predicted molar refractivity (Wildman–Crippen MR) is 96.9 cm³/mol. The fourth-order valence-electron chi connectivity index (χ4n) is 4.33.